The van der Waals surface area contributed by atoms with Gasteiger partial charge in [-0.1, -0.05) is 43.3 Å². The van der Waals surface area contributed by atoms with Crippen LogP contribution in [0, 0.1) is 0 Å². The molecule has 0 unspecified atom stereocenters. The van der Waals surface area contributed by atoms with E-state index in [9.17, 15) is 0 Å². The number of nitrogen functional groups attached to an aromatic ring is 1. The van der Waals surface area contributed by atoms with Crippen LogP contribution < -0.4 is 5.73 Å². The van der Waals surface area contributed by atoms with Crippen LogP contribution >= 0.6 is 0 Å². The largest absolute Gasteiger partial charge is 0.397 e. The predicted octanol–water partition coefficient (Wildman–Crippen LogP) is 3.62. The number of rotatable bonds is 4. The van der Waals surface area contributed by atoms with E-state index in [0.717, 1.165) is 41.9 Å². The van der Waals surface area contributed by atoms with Gasteiger partial charge in [-0.2, -0.15) is 0 Å². The Morgan fingerprint density at radius 2 is 1.85 bits per heavy atom. The van der Waals surface area contributed by atoms with Gasteiger partial charge in [0, 0.05) is 13.0 Å². The number of hydrogen-bond donors (Lipinski definition) is 1. The third-order valence-corrected chi connectivity index (χ3v) is 3.54. The summed E-state index contributed by atoms with van der Waals surface area (Å²) < 4.78 is 2.29. The van der Waals surface area contributed by atoms with Gasteiger partial charge in [0.2, 0.25) is 0 Å². The van der Waals surface area contributed by atoms with Gasteiger partial charge in [-0.05, 0) is 24.1 Å². The smallest absolute Gasteiger partial charge is 0.114 e. The minimum atomic E-state index is 0.756. The van der Waals surface area contributed by atoms with Crippen molar-refractivity contribution in [2.45, 2.75) is 26.3 Å². The molecule has 0 atom stereocenters. The van der Waals surface area contributed by atoms with E-state index in [2.05, 4.69) is 41.8 Å². The molecule has 3 nitrogen and oxygen atoms in total. The number of imidazole rings is 1. The van der Waals surface area contributed by atoms with Gasteiger partial charge in [0.15, 0.2) is 0 Å². The first-order valence-corrected chi connectivity index (χ1v) is 7.07. The molecule has 0 fully saturated rings. The number of anilines is 1. The number of hydrogen-bond acceptors (Lipinski definition) is 2. The summed E-state index contributed by atoms with van der Waals surface area (Å²) in [6.07, 6.45) is 1.93. The second kappa shape index (κ2) is 5.37. The predicted molar refractivity (Wildman–Crippen MR) is 83.7 cm³/mol. The van der Waals surface area contributed by atoms with Crippen LogP contribution in [0.25, 0.3) is 11.0 Å². The fraction of sp³-hybridized carbons (Fsp3) is 0.235. The van der Waals surface area contributed by atoms with Crippen LogP contribution in [0.2, 0.25) is 0 Å². The van der Waals surface area contributed by atoms with Gasteiger partial charge in [-0.3, -0.25) is 0 Å². The van der Waals surface area contributed by atoms with E-state index in [-0.39, 0.29) is 0 Å². The van der Waals surface area contributed by atoms with Crippen LogP contribution in [0.15, 0.2) is 48.5 Å². The molecule has 102 valence electrons. The molecule has 0 aliphatic rings. The Morgan fingerprint density at radius 3 is 2.60 bits per heavy atom. The third kappa shape index (κ3) is 2.27. The van der Waals surface area contributed by atoms with Crippen molar-refractivity contribution >= 4 is 16.7 Å². The Hall–Kier alpha value is -2.29. The van der Waals surface area contributed by atoms with Crippen molar-refractivity contribution in [3.63, 3.8) is 0 Å². The standard InChI is InChI=1S/C17H19N3/c1-2-11-20-15-10-6-9-14(18)17(15)19-16(20)12-13-7-4-3-5-8-13/h3-10H,2,11-12,18H2,1H3. The second-order valence-electron chi connectivity index (χ2n) is 5.06. The maximum absolute atomic E-state index is 6.05. The summed E-state index contributed by atoms with van der Waals surface area (Å²) in [6.45, 7) is 3.16. The van der Waals surface area contributed by atoms with Gasteiger partial charge in [0.1, 0.15) is 11.3 Å². The summed E-state index contributed by atoms with van der Waals surface area (Å²) in [7, 11) is 0. The fourth-order valence-corrected chi connectivity index (χ4v) is 2.60. The molecule has 2 N–H and O–H groups in total. The van der Waals surface area contributed by atoms with E-state index in [1.807, 2.05) is 18.2 Å². The molecule has 0 radical (unpaired) electrons. The van der Waals surface area contributed by atoms with Gasteiger partial charge >= 0.3 is 0 Å². The maximum atomic E-state index is 6.05. The first kappa shape index (κ1) is 12.7. The molecule has 2 aromatic carbocycles. The molecular formula is C17H19N3. The number of benzene rings is 2. The number of aryl methyl sites for hydroxylation is 1. The van der Waals surface area contributed by atoms with Crippen molar-refractivity contribution in [3.05, 3.63) is 59.9 Å². The molecule has 0 aliphatic carbocycles. The average molecular weight is 265 g/mol. The van der Waals surface area contributed by atoms with Gasteiger partial charge in [0.05, 0.1) is 11.2 Å². The van der Waals surface area contributed by atoms with Crippen LogP contribution in [-0.4, -0.2) is 9.55 Å². The van der Waals surface area contributed by atoms with Gasteiger partial charge < -0.3 is 10.3 Å². The zero-order chi connectivity index (χ0) is 13.9. The summed E-state index contributed by atoms with van der Waals surface area (Å²) in [5.41, 5.74) is 10.1. The normalized spacial score (nSPS) is 11.1. The van der Waals surface area contributed by atoms with Crippen molar-refractivity contribution in [3.8, 4) is 0 Å². The molecule has 0 saturated heterocycles. The van der Waals surface area contributed by atoms with Crippen LogP contribution in [0.1, 0.15) is 24.7 Å². The number of nitrogens with zero attached hydrogens (tertiary/aromatic N) is 2. The summed E-state index contributed by atoms with van der Waals surface area (Å²) in [6, 6.07) is 16.5. The van der Waals surface area contributed by atoms with Crippen molar-refractivity contribution in [2.75, 3.05) is 5.73 Å². The van der Waals surface area contributed by atoms with Crippen molar-refractivity contribution in [1.29, 1.82) is 0 Å². The molecule has 3 aromatic rings. The lowest BCUT2D eigenvalue weighted by Crippen LogP contribution is -2.04. The molecule has 20 heavy (non-hydrogen) atoms. The summed E-state index contributed by atoms with van der Waals surface area (Å²) in [5.74, 6) is 1.09. The highest BCUT2D eigenvalue weighted by atomic mass is 15.1. The number of para-hydroxylation sites is 1. The summed E-state index contributed by atoms with van der Waals surface area (Å²) >= 11 is 0. The lowest BCUT2D eigenvalue weighted by molar-refractivity contribution is 0.664. The van der Waals surface area contributed by atoms with Crippen LogP contribution in [-0.2, 0) is 13.0 Å². The first-order valence-electron chi connectivity index (χ1n) is 7.07. The third-order valence-electron chi connectivity index (χ3n) is 3.54. The SMILES string of the molecule is CCCn1c(Cc2ccccc2)nc2c(N)cccc21. The number of fused-ring (bicyclic) bond motifs is 1. The molecule has 0 amide bonds. The fourth-order valence-electron chi connectivity index (χ4n) is 2.60. The van der Waals surface area contributed by atoms with Crippen LogP contribution in [0.5, 0.6) is 0 Å². The minimum Gasteiger partial charge on any atom is -0.397 e. The summed E-state index contributed by atoms with van der Waals surface area (Å²) in [4.78, 5) is 4.76. The summed E-state index contributed by atoms with van der Waals surface area (Å²) in [5, 5.41) is 0. The highest BCUT2D eigenvalue weighted by Gasteiger charge is 2.12. The topological polar surface area (TPSA) is 43.8 Å². The van der Waals surface area contributed by atoms with Crippen molar-refractivity contribution in [2.24, 2.45) is 0 Å². The van der Waals surface area contributed by atoms with E-state index in [1.165, 1.54) is 5.56 Å². The van der Waals surface area contributed by atoms with Gasteiger partial charge in [0.25, 0.3) is 0 Å². The van der Waals surface area contributed by atoms with Crippen molar-refractivity contribution in [1.82, 2.24) is 9.55 Å². The Balaban J connectivity index is 2.09. The Kier molecular flexibility index (Phi) is 3.42. The Bertz CT molecular complexity index is 714. The monoisotopic (exact) mass is 265 g/mol. The molecule has 3 heteroatoms. The lowest BCUT2D eigenvalue weighted by atomic mass is 10.1. The van der Waals surface area contributed by atoms with E-state index in [1.54, 1.807) is 0 Å². The van der Waals surface area contributed by atoms with E-state index in [0.29, 0.717) is 0 Å². The van der Waals surface area contributed by atoms with Crippen molar-refractivity contribution < 1.29 is 0 Å². The first-order chi connectivity index (χ1) is 9.79. The Morgan fingerprint density at radius 1 is 1.05 bits per heavy atom. The quantitative estimate of drug-likeness (QED) is 0.732. The zero-order valence-corrected chi connectivity index (χ0v) is 11.7. The van der Waals surface area contributed by atoms with E-state index >= 15 is 0 Å². The zero-order valence-electron chi connectivity index (χ0n) is 11.7. The molecule has 0 bridgehead atoms. The lowest BCUT2D eigenvalue weighted by Gasteiger charge is -2.07. The molecule has 1 heterocycles. The Labute approximate surface area is 119 Å². The maximum Gasteiger partial charge on any atom is 0.114 e. The molecule has 0 saturated carbocycles. The molecular weight excluding hydrogens is 246 g/mol. The van der Waals surface area contributed by atoms with Crippen LogP contribution in [0.3, 0.4) is 0 Å². The van der Waals surface area contributed by atoms with E-state index in [4.69, 9.17) is 10.7 Å². The average Bonchev–Trinajstić information content (AvgIpc) is 2.80. The number of aromatic nitrogens is 2. The van der Waals surface area contributed by atoms with Crippen LogP contribution in [0.4, 0.5) is 5.69 Å². The minimum absolute atomic E-state index is 0.756. The molecule has 0 aliphatic heterocycles. The van der Waals surface area contributed by atoms with Gasteiger partial charge in [-0.25, -0.2) is 4.98 Å². The highest BCUT2D eigenvalue weighted by Crippen LogP contribution is 2.23. The van der Waals surface area contributed by atoms with Gasteiger partial charge in [-0.15, -0.1) is 0 Å². The molecule has 3 rings (SSSR count). The molecule has 0 spiro atoms. The second-order valence-corrected chi connectivity index (χ2v) is 5.06. The highest BCUT2D eigenvalue weighted by molar-refractivity contribution is 5.87. The van der Waals surface area contributed by atoms with E-state index < -0.39 is 0 Å². The molecule has 1 aromatic heterocycles. The number of nitrogens with two attached hydrogens (primary N) is 1.